The van der Waals surface area contributed by atoms with E-state index in [0.717, 1.165) is 0 Å². The maximum atomic E-state index is 7.95. The fraction of sp³-hybridized carbons (Fsp3) is 1.00. The first-order valence-electron chi connectivity index (χ1n) is 1.28. The highest BCUT2D eigenvalue weighted by molar-refractivity contribution is 9.24. The van der Waals surface area contributed by atoms with Crippen LogP contribution in [0.15, 0.2) is 0 Å². The van der Waals surface area contributed by atoms with Crippen molar-refractivity contribution in [2.24, 2.45) is 0 Å². The molecule has 0 spiro atoms. The zero-order valence-corrected chi connectivity index (χ0v) is 6.07. The number of alkyl halides is 2. The third-order valence-electron chi connectivity index (χ3n) is 0.201. The maximum Gasteiger partial charge on any atom is 0.436 e. The Morgan fingerprint density at radius 3 is 2.17 bits per heavy atom. The van der Waals surface area contributed by atoms with E-state index in [4.69, 9.17) is 5.02 Å². The van der Waals surface area contributed by atoms with E-state index in [1.807, 2.05) is 0 Å². The smallest absolute Gasteiger partial charge is 0.430 e. The highest BCUT2D eigenvalue weighted by atomic mass is 79.9. The molecule has 0 unspecified atom stereocenters. The van der Waals surface area contributed by atoms with Crippen molar-refractivity contribution in [3.05, 3.63) is 0 Å². The molecule has 0 aromatic carbocycles. The molecule has 36 valence electrons. The third kappa shape index (κ3) is 4.94. The van der Waals surface area contributed by atoms with E-state index in [2.05, 4.69) is 36.5 Å². The molecular formula is CH3BBr2O2. The summed E-state index contributed by atoms with van der Waals surface area (Å²) in [4.78, 5) is 0. The van der Waals surface area contributed by atoms with E-state index >= 15 is 0 Å². The van der Waals surface area contributed by atoms with Crippen LogP contribution < -0.4 is 0 Å². The lowest BCUT2D eigenvalue weighted by Gasteiger charge is -1.94. The van der Waals surface area contributed by atoms with Crippen molar-refractivity contribution in [2.75, 3.05) is 0 Å². The average molecular weight is 218 g/mol. The predicted octanol–water partition coefficient (Wildman–Crippen LogP) is 0.335. The highest BCUT2D eigenvalue weighted by Crippen LogP contribution is 2.06. The molecule has 2 nitrogen and oxygen atoms in total. The molecule has 0 atom stereocenters. The fourth-order valence-electron chi connectivity index (χ4n) is 0.0563. The normalized spacial score (nSPS) is 9.33. The fourth-order valence-corrected chi connectivity index (χ4v) is 0.293. The molecule has 5 heteroatoms. The van der Waals surface area contributed by atoms with E-state index in [1.54, 1.807) is 0 Å². The lowest BCUT2D eigenvalue weighted by Crippen LogP contribution is -1.98. The molecule has 0 amide bonds. The first-order chi connectivity index (χ1) is 2.77. The van der Waals surface area contributed by atoms with Crippen LogP contribution in [0.4, 0.5) is 0 Å². The van der Waals surface area contributed by atoms with Crippen LogP contribution in [0.3, 0.4) is 0 Å². The van der Waals surface area contributed by atoms with E-state index in [-0.39, 0.29) is 11.6 Å². The van der Waals surface area contributed by atoms with Crippen LogP contribution in [0.5, 0.6) is 0 Å². The minimum atomic E-state index is -0.263. The Morgan fingerprint density at radius 1 is 1.67 bits per heavy atom. The van der Waals surface area contributed by atoms with Gasteiger partial charge in [-0.25, -0.2) is 0 Å². The van der Waals surface area contributed by atoms with E-state index in [0.29, 0.717) is 0 Å². The summed E-state index contributed by atoms with van der Waals surface area (Å²) < 4.78 is 4.20. The molecule has 0 aromatic rings. The van der Waals surface area contributed by atoms with Crippen molar-refractivity contribution in [3.63, 3.8) is 0 Å². The minimum absolute atomic E-state index is 0.227. The van der Waals surface area contributed by atoms with Crippen LogP contribution >= 0.6 is 31.9 Å². The summed E-state index contributed by atoms with van der Waals surface area (Å²) in [5.74, 6) is 0. The molecule has 0 heterocycles. The second-order valence-electron chi connectivity index (χ2n) is 0.556. The SMILES string of the molecule is OBOC(Br)Br. The topological polar surface area (TPSA) is 29.5 Å². The summed E-state index contributed by atoms with van der Waals surface area (Å²) >= 11 is 5.94. The summed E-state index contributed by atoms with van der Waals surface area (Å²) in [7, 11) is -0.263. The van der Waals surface area contributed by atoms with Crippen LogP contribution in [0, 0.1) is 0 Å². The Kier molecular flexibility index (Phi) is 4.76. The van der Waals surface area contributed by atoms with Gasteiger partial charge in [-0.15, -0.1) is 0 Å². The van der Waals surface area contributed by atoms with Crippen molar-refractivity contribution in [2.45, 2.75) is 3.92 Å². The standard InChI is InChI=1S/CH3BBr2O2/c3-1(4)6-2-5/h1-2,5H. The second-order valence-corrected chi connectivity index (χ2v) is 3.45. The number of hydrogen-bond donors (Lipinski definition) is 1. The molecule has 0 aliphatic rings. The maximum absolute atomic E-state index is 7.95. The second kappa shape index (κ2) is 4.11. The van der Waals surface area contributed by atoms with Gasteiger partial charge in [-0.2, -0.15) is 0 Å². The van der Waals surface area contributed by atoms with Gasteiger partial charge in [0.25, 0.3) is 0 Å². The molecule has 0 rings (SSSR count). The highest BCUT2D eigenvalue weighted by Gasteiger charge is 1.92. The van der Waals surface area contributed by atoms with Crippen LogP contribution in [0.2, 0.25) is 0 Å². The Hall–Kier alpha value is 0.945. The summed E-state index contributed by atoms with van der Waals surface area (Å²) in [6.07, 6.45) is 0. The van der Waals surface area contributed by atoms with E-state index in [1.165, 1.54) is 0 Å². The van der Waals surface area contributed by atoms with Gasteiger partial charge in [0, 0.05) is 0 Å². The van der Waals surface area contributed by atoms with Gasteiger partial charge >= 0.3 is 7.69 Å². The predicted molar refractivity (Wildman–Crippen MR) is 32.1 cm³/mol. The minimum Gasteiger partial charge on any atom is -0.430 e. The summed E-state index contributed by atoms with van der Waals surface area (Å²) in [6.45, 7) is 0. The molecule has 0 radical (unpaired) electrons. The number of rotatable bonds is 2. The van der Waals surface area contributed by atoms with Crippen molar-refractivity contribution in [1.29, 1.82) is 0 Å². The first-order valence-corrected chi connectivity index (χ1v) is 3.11. The lowest BCUT2D eigenvalue weighted by molar-refractivity contribution is 0.330. The van der Waals surface area contributed by atoms with Gasteiger partial charge in [-0.3, -0.25) is 0 Å². The van der Waals surface area contributed by atoms with Crippen molar-refractivity contribution < 1.29 is 9.68 Å². The van der Waals surface area contributed by atoms with Gasteiger partial charge in [0.15, 0.2) is 3.92 Å². The zero-order valence-electron chi connectivity index (χ0n) is 2.90. The lowest BCUT2D eigenvalue weighted by atomic mass is 10.4. The molecule has 0 fully saturated rings. The van der Waals surface area contributed by atoms with Gasteiger partial charge < -0.3 is 9.68 Å². The van der Waals surface area contributed by atoms with Crippen LogP contribution in [0.1, 0.15) is 0 Å². The van der Waals surface area contributed by atoms with Crippen molar-refractivity contribution in [3.8, 4) is 0 Å². The molecule has 0 aliphatic carbocycles. The average Bonchev–Trinajstić information content (AvgIpc) is 1.35. The molecule has 6 heavy (non-hydrogen) atoms. The van der Waals surface area contributed by atoms with Gasteiger partial charge in [0.1, 0.15) is 0 Å². The van der Waals surface area contributed by atoms with Crippen LogP contribution in [-0.2, 0) is 4.65 Å². The summed E-state index contributed by atoms with van der Waals surface area (Å²) in [5, 5.41) is 7.95. The third-order valence-corrected chi connectivity index (χ3v) is 0.729. The summed E-state index contributed by atoms with van der Waals surface area (Å²) in [6, 6.07) is 0. The van der Waals surface area contributed by atoms with Crippen LogP contribution in [0.25, 0.3) is 0 Å². The Labute approximate surface area is 53.4 Å². The molecule has 0 aromatic heterocycles. The number of halogens is 2. The Balaban J connectivity index is 2.63. The van der Waals surface area contributed by atoms with Gasteiger partial charge in [-0.05, 0) is 31.9 Å². The number of hydrogen-bond acceptors (Lipinski definition) is 2. The molecule has 0 aliphatic heterocycles. The molecule has 0 saturated carbocycles. The van der Waals surface area contributed by atoms with Crippen molar-refractivity contribution >= 4 is 39.5 Å². The van der Waals surface area contributed by atoms with Gasteiger partial charge in [0.2, 0.25) is 0 Å². The first kappa shape index (κ1) is 6.94. The zero-order chi connectivity index (χ0) is 4.99. The Bertz CT molecular complexity index is 32.7. The summed E-state index contributed by atoms with van der Waals surface area (Å²) in [5.41, 5.74) is 0. The van der Waals surface area contributed by atoms with E-state index < -0.39 is 0 Å². The van der Waals surface area contributed by atoms with Gasteiger partial charge in [0.05, 0.1) is 0 Å². The van der Waals surface area contributed by atoms with Crippen LogP contribution in [-0.4, -0.2) is 16.6 Å². The monoisotopic (exact) mass is 216 g/mol. The van der Waals surface area contributed by atoms with Gasteiger partial charge in [-0.1, -0.05) is 0 Å². The molecule has 1 N–H and O–H groups in total. The molecule has 0 bridgehead atoms. The Morgan fingerprint density at radius 2 is 2.17 bits per heavy atom. The molecular weight excluding hydrogens is 215 g/mol. The largest absolute Gasteiger partial charge is 0.436 e. The quantitative estimate of drug-likeness (QED) is 0.534. The van der Waals surface area contributed by atoms with E-state index in [9.17, 15) is 0 Å². The molecule has 0 saturated heterocycles. The van der Waals surface area contributed by atoms with Crippen molar-refractivity contribution in [1.82, 2.24) is 0 Å².